The maximum atomic E-state index is 10.9. The Kier molecular flexibility index (Phi) is 15.1. The monoisotopic (exact) mass is 645 g/mol. The Morgan fingerprint density at radius 1 is 1.00 bits per heavy atom. The molecule has 0 bridgehead atoms. The molecule has 0 spiro atoms. The van der Waals surface area contributed by atoms with E-state index in [1.807, 2.05) is 6.07 Å². The van der Waals surface area contributed by atoms with Crippen molar-refractivity contribution in [2.24, 2.45) is 0 Å². The molecular formula is C27H41Br2N3O5. The number of nitro benzene ring substituents is 1. The third-order valence-corrected chi connectivity index (χ3v) is 6.94. The second-order valence-electron chi connectivity index (χ2n) is 9.50. The minimum absolute atomic E-state index is 0. The van der Waals surface area contributed by atoms with Crippen molar-refractivity contribution in [2.75, 3.05) is 26.2 Å². The first kappa shape index (κ1) is 33.1. The van der Waals surface area contributed by atoms with E-state index in [0.29, 0.717) is 12.5 Å². The zero-order valence-corrected chi connectivity index (χ0v) is 25.0. The first-order chi connectivity index (χ1) is 16.9. The fourth-order valence-corrected chi connectivity index (χ4v) is 5.03. The van der Waals surface area contributed by atoms with E-state index in [9.17, 15) is 25.4 Å². The number of halogens is 2. The highest BCUT2D eigenvalue weighted by atomic mass is 79.9. The third kappa shape index (κ3) is 9.74. The normalized spacial score (nSPS) is 14.5. The quantitative estimate of drug-likeness (QED) is 0.0883. The van der Waals surface area contributed by atoms with Gasteiger partial charge in [-0.25, -0.2) is 0 Å². The lowest BCUT2D eigenvalue weighted by Gasteiger charge is -2.35. The van der Waals surface area contributed by atoms with Crippen molar-refractivity contribution in [2.45, 2.75) is 70.8 Å². The van der Waals surface area contributed by atoms with Crippen LogP contribution in [-0.2, 0) is 19.3 Å². The number of fused-ring (bicyclic) bond motifs is 1. The number of aromatic hydroxyl groups is 3. The number of nitrogens with zero attached hydrogens (tertiary/aromatic N) is 2. The maximum Gasteiger partial charge on any atom is 0.310 e. The van der Waals surface area contributed by atoms with Gasteiger partial charge in [-0.2, -0.15) is 0 Å². The summed E-state index contributed by atoms with van der Waals surface area (Å²) >= 11 is 0. The highest BCUT2D eigenvalue weighted by molar-refractivity contribution is 8.93. The fraction of sp³-hybridized carbons (Fsp3) is 0.556. The van der Waals surface area contributed by atoms with Gasteiger partial charge in [0.2, 0.25) is 0 Å². The van der Waals surface area contributed by atoms with Crippen molar-refractivity contribution in [3.05, 3.63) is 57.1 Å². The van der Waals surface area contributed by atoms with Gasteiger partial charge in [-0.1, -0.05) is 31.9 Å². The standard InChI is InChI=1S/C27H39N3O5.2BrH/c1-2-16-29(22-9-10-23-21(19-22)8-12-26(32)27(23)33)17-6-4-3-5-14-28-15-13-20-7-11-25(31)24(18-20)30(34)35;;/h7-8,11-12,18,22,28,31-33H,2-6,9-10,13-17,19H2,1H3;2*1H. The summed E-state index contributed by atoms with van der Waals surface area (Å²) in [5, 5.41) is 43.8. The summed E-state index contributed by atoms with van der Waals surface area (Å²) in [7, 11) is 0. The molecule has 1 atom stereocenters. The van der Waals surface area contributed by atoms with Crippen molar-refractivity contribution in [1.82, 2.24) is 10.2 Å². The molecule has 0 aromatic heterocycles. The van der Waals surface area contributed by atoms with Gasteiger partial charge in [-0.05, 0) is 94.4 Å². The predicted molar refractivity (Wildman–Crippen MR) is 158 cm³/mol. The SMILES string of the molecule is Br.Br.CCCN(CCCCCCNCCc1ccc(O)c([N+](=O)[O-])c1)C1CCc2c(ccc(O)c2O)C1. The van der Waals surface area contributed by atoms with Crippen LogP contribution in [0.3, 0.4) is 0 Å². The zero-order valence-electron chi connectivity index (χ0n) is 21.5. The van der Waals surface area contributed by atoms with Gasteiger partial charge in [0.15, 0.2) is 17.2 Å². The molecule has 0 fully saturated rings. The summed E-state index contributed by atoms with van der Waals surface area (Å²) in [5.74, 6) is -0.260. The van der Waals surface area contributed by atoms with Crippen molar-refractivity contribution in [1.29, 1.82) is 0 Å². The van der Waals surface area contributed by atoms with Crippen LogP contribution in [-0.4, -0.2) is 57.4 Å². The van der Waals surface area contributed by atoms with Crippen LogP contribution in [0.25, 0.3) is 0 Å². The van der Waals surface area contributed by atoms with Gasteiger partial charge in [0.25, 0.3) is 0 Å². The summed E-state index contributed by atoms with van der Waals surface area (Å²) in [6.07, 6.45) is 9.18. The number of benzene rings is 2. The molecule has 0 heterocycles. The molecule has 2 aromatic carbocycles. The molecule has 0 saturated carbocycles. The molecule has 0 amide bonds. The van der Waals surface area contributed by atoms with E-state index >= 15 is 0 Å². The van der Waals surface area contributed by atoms with E-state index in [4.69, 9.17) is 0 Å². The minimum Gasteiger partial charge on any atom is -0.504 e. The number of unbranched alkanes of at least 4 members (excludes halogenated alkanes) is 3. The van der Waals surface area contributed by atoms with Gasteiger partial charge < -0.3 is 25.5 Å². The van der Waals surface area contributed by atoms with Crippen LogP contribution >= 0.6 is 34.0 Å². The summed E-state index contributed by atoms with van der Waals surface area (Å²) in [5.41, 5.74) is 2.67. The van der Waals surface area contributed by atoms with Gasteiger partial charge in [0.1, 0.15) is 0 Å². The summed E-state index contributed by atoms with van der Waals surface area (Å²) in [6, 6.07) is 8.60. The number of rotatable bonds is 14. The highest BCUT2D eigenvalue weighted by Crippen LogP contribution is 2.36. The number of hydrogen-bond acceptors (Lipinski definition) is 7. The average molecular weight is 647 g/mol. The van der Waals surface area contributed by atoms with Crippen LogP contribution in [0.2, 0.25) is 0 Å². The van der Waals surface area contributed by atoms with Gasteiger partial charge >= 0.3 is 5.69 Å². The predicted octanol–water partition coefficient (Wildman–Crippen LogP) is 5.83. The topological polar surface area (TPSA) is 119 Å². The van der Waals surface area contributed by atoms with E-state index in [1.54, 1.807) is 12.1 Å². The Labute approximate surface area is 240 Å². The molecule has 208 valence electrons. The zero-order chi connectivity index (χ0) is 25.2. The van der Waals surface area contributed by atoms with E-state index in [0.717, 1.165) is 81.4 Å². The smallest absolute Gasteiger partial charge is 0.310 e. The minimum atomic E-state index is -0.558. The van der Waals surface area contributed by atoms with Crippen LogP contribution < -0.4 is 5.32 Å². The average Bonchev–Trinajstić information content (AvgIpc) is 2.85. The Morgan fingerprint density at radius 2 is 1.73 bits per heavy atom. The van der Waals surface area contributed by atoms with Gasteiger partial charge in [-0.3, -0.25) is 10.1 Å². The maximum absolute atomic E-state index is 10.9. The molecular weight excluding hydrogens is 606 g/mol. The van der Waals surface area contributed by atoms with Crippen molar-refractivity contribution < 1.29 is 20.2 Å². The van der Waals surface area contributed by atoms with Gasteiger partial charge in [-0.15, -0.1) is 34.0 Å². The highest BCUT2D eigenvalue weighted by Gasteiger charge is 2.26. The van der Waals surface area contributed by atoms with E-state index < -0.39 is 4.92 Å². The van der Waals surface area contributed by atoms with Crippen molar-refractivity contribution in [3.8, 4) is 17.2 Å². The lowest BCUT2D eigenvalue weighted by Crippen LogP contribution is -2.40. The fourth-order valence-electron chi connectivity index (χ4n) is 5.03. The van der Waals surface area contributed by atoms with Gasteiger partial charge in [0.05, 0.1) is 4.92 Å². The van der Waals surface area contributed by atoms with E-state index in [2.05, 4.69) is 17.1 Å². The van der Waals surface area contributed by atoms with Gasteiger partial charge in [0, 0.05) is 17.7 Å². The lowest BCUT2D eigenvalue weighted by atomic mass is 9.86. The Bertz CT molecular complexity index is 993. The molecule has 2 aromatic rings. The molecule has 0 radical (unpaired) electrons. The number of phenols is 3. The molecule has 10 heteroatoms. The molecule has 4 N–H and O–H groups in total. The number of nitro groups is 1. The van der Waals surface area contributed by atoms with Crippen LogP contribution in [0.15, 0.2) is 30.3 Å². The molecule has 8 nitrogen and oxygen atoms in total. The Balaban J connectivity index is 0.00000342. The number of hydrogen-bond donors (Lipinski definition) is 4. The van der Waals surface area contributed by atoms with Crippen LogP contribution in [0.4, 0.5) is 5.69 Å². The number of phenolic OH excluding ortho intramolecular Hbond substituents is 3. The third-order valence-electron chi connectivity index (χ3n) is 6.94. The van der Waals surface area contributed by atoms with Crippen LogP contribution in [0.5, 0.6) is 17.2 Å². The first-order valence-electron chi connectivity index (χ1n) is 12.8. The van der Waals surface area contributed by atoms with Crippen LogP contribution in [0, 0.1) is 10.1 Å². The Morgan fingerprint density at radius 3 is 2.46 bits per heavy atom. The Hall–Kier alpha value is -1.88. The summed E-state index contributed by atoms with van der Waals surface area (Å²) < 4.78 is 0. The van der Waals surface area contributed by atoms with E-state index in [1.165, 1.54) is 25.0 Å². The largest absolute Gasteiger partial charge is 0.504 e. The summed E-state index contributed by atoms with van der Waals surface area (Å²) in [6.45, 7) is 6.07. The second-order valence-corrected chi connectivity index (χ2v) is 9.50. The molecule has 1 unspecified atom stereocenters. The summed E-state index contributed by atoms with van der Waals surface area (Å²) in [4.78, 5) is 13.0. The number of nitrogens with one attached hydrogen (secondary N) is 1. The molecule has 1 aliphatic carbocycles. The molecule has 37 heavy (non-hydrogen) atoms. The molecule has 0 aliphatic heterocycles. The first-order valence-corrected chi connectivity index (χ1v) is 12.8. The molecule has 3 rings (SSSR count). The van der Waals surface area contributed by atoms with Crippen molar-refractivity contribution >= 4 is 39.7 Å². The molecule has 1 aliphatic rings. The van der Waals surface area contributed by atoms with Crippen molar-refractivity contribution in [3.63, 3.8) is 0 Å². The second kappa shape index (κ2) is 16.9. The van der Waals surface area contributed by atoms with Crippen LogP contribution in [0.1, 0.15) is 62.1 Å². The molecule has 0 saturated heterocycles. The lowest BCUT2D eigenvalue weighted by molar-refractivity contribution is -0.385. The van der Waals surface area contributed by atoms with E-state index in [-0.39, 0.29) is 56.9 Å².